The van der Waals surface area contributed by atoms with Crippen molar-refractivity contribution in [3.05, 3.63) is 47.9 Å². The van der Waals surface area contributed by atoms with Crippen LogP contribution in [0, 0.1) is 0 Å². The Balaban J connectivity index is 1.55. The maximum absolute atomic E-state index is 13.2. The summed E-state index contributed by atoms with van der Waals surface area (Å²) in [6.07, 6.45) is -3.23. The third-order valence-electron chi connectivity index (χ3n) is 6.00. The van der Waals surface area contributed by atoms with Gasteiger partial charge in [0.2, 0.25) is 0 Å². The fourth-order valence-corrected chi connectivity index (χ4v) is 4.30. The van der Waals surface area contributed by atoms with E-state index in [2.05, 4.69) is 20.6 Å². The van der Waals surface area contributed by atoms with E-state index in [9.17, 15) is 20.1 Å². The van der Waals surface area contributed by atoms with Crippen LogP contribution in [0.2, 0.25) is 0 Å². The van der Waals surface area contributed by atoms with Gasteiger partial charge in [0.15, 0.2) is 11.5 Å². The molecule has 1 fully saturated rings. The van der Waals surface area contributed by atoms with E-state index in [1.807, 2.05) is 30.3 Å². The number of Topliss-reactive ketones (excluding diaryl/α,β-unsaturated/α-hetero) is 1. The second-order valence-electron chi connectivity index (χ2n) is 8.22. The van der Waals surface area contributed by atoms with E-state index in [1.54, 1.807) is 10.9 Å². The maximum atomic E-state index is 13.2. The van der Waals surface area contributed by atoms with Gasteiger partial charge in [0.25, 0.3) is 0 Å². The van der Waals surface area contributed by atoms with Crippen molar-refractivity contribution in [3.8, 4) is 11.3 Å². The molecule has 0 saturated carbocycles. The van der Waals surface area contributed by atoms with Crippen molar-refractivity contribution in [2.75, 3.05) is 0 Å². The average Bonchev–Trinajstić information content (AvgIpc) is 3.42. The maximum Gasteiger partial charge on any atom is 0.188 e. The Morgan fingerprint density at radius 3 is 2.56 bits per heavy atom. The number of ether oxygens (including phenoxy) is 1. The molecule has 168 valence electrons. The largest absolute Gasteiger partial charge is 0.388 e. The molecule has 4 heterocycles. The third kappa shape index (κ3) is 3.84. The van der Waals surface area contributed by atoms with E-state index < -0.39 is 30.5 Å². The van der Waals surface area contributed by atoms with Gasteiger partial charge in [-0.05, 0) is 12.8 Å². The van der Waals surface area contributed by atoms with Crippen LogP contribution in [0.1, 0.15) is 29.0 Å². The van der Waals surface area contributed by atoms with Crippen molar-refractivity contribution in [1.29, 1.82) is 0 Å². The number of hydrogen-bond donors (Lipinski definition) is 3. The zero-order chi connectivity index (χ0) is 22.2. The molecular weight excluding hydrogens is 416 g/mol. The lowest BCUT2D eigenvalue weighted by Crippen LogP contribution is -2.58. The van der Waals surface area contributed by atoms with Crippen LogP contribution >= 0.6 is 0 Å². The molecule has 11 nitrogen and oxygen atoms in total. The van der Waals surface area contributed by atoms with Crippen molar-refractivity contribution in [2.45, 2.75) is 62.9 Å². The quantitative estimate of drug-likeness (QED) is 0.460. The highest BCUT2D eigenvalue weighted by molar-refractivity contribution is 5.99. The van der Waals surface area contributed by atoms with Crippen molar-refractivity contribution in [3.63, 3.8) is 0 Å². The third-order valence-corrected chi connectivity index (χ3v) is 6.00. The molecule has 0 unspecified atom stereocenters. The lowest BCUT2D eigenvalue weighted by atomic mass is 9.91. The van der Waals surface area contributed by atoms with E-state index in [4.69, 9.17) is 4.74 Å². The molecule has 1 saturated heterocycles. The Morgan fingerprint density at radius 2 is 1.75 bits per heavy atom. The second kappa shape index (κ2) is 8.51. The van der Waals surface area contributed by atoms with Gasteiger partial charge in [-0.2, -0.15) is 0 Å². The molecule has 0 amide bonds. The van der Waals surface area contributed by atoms with Crippen LogP contribution in [0.4, 0.5) is 0 Å². The standard InChI is InChI=1S/C21H24N6O5/c28-14-9-15-19(29)21(31)20(30)16(32-15)11-26-10-13(22-24-26)7-4-8-27-18(17(14)23-25-27)12-5-2-1-3-6-12/h1-3,5-6,10,15-16,19-21,29-31H,4,7-9,11H2/t15-,16-,19+,20-,21-/m1/s1. The Hall–Kier alpha value is -2.99. The second-order valence-corrected chi connectivity index (χ2v) is 8.22. The number of rotatable bonds is 1. The van der Waals surface area contributed by atoms with Crippen LogP contribution in [-0.4, -0.2) is 81.6 Å². The Labute approximate surface area is 183 Å². The number of carbonyl (C=O) groups excluding carboxylic acids is 1. The fraction of sp³-hybridized carbons (Fsp3) is 0.476. The van der Waals surface area contributed by atoms with E-state index in [0.717, 1.165) is 11.3 Å². The number of aliphatic hydroxyl groups excluding tert-OH is 3. The summed E-state index contributed by atoms with van der Waals surface area (Å²) in [5.74, 6) is -0.362. The molecule has 3 N–H and O–H groups in total. The molecule has 1 aromatic carbocycles. The minimum absolute atomic E-state index is 0.131. The first-order valence-corrected chi connectivity index (χ1v) is 10.6. The van der Waals surface area contributed by atoms with Crippen molar-refractivity contribution < 1.29 is 24.9 Å². The number of aromatic nitrogens is 6. The molecule has 5 atom stereocenters. The molecule has 32 heavy (non-hydrogen) atoms. The first kappa shape index (κ1) is 20.9. The molecule has 0 spiro atoms. The van der Waals surface area contributed by atoms with Gasteiger partial charge in [-0.15, -0.1) is 10.2 Å². The minimum Gasteiger partial charge on any atom is -0.388 e. The van der Waals surface area contributed by atoms with Gasteiger partial charge in [0.05, 0.1) is 24.0 Å². The van der Waals surface area contributed by atoms with Gasteiger partial charge in [-0.3, -0.25) is 4.79 Å². The predicted molar refractivity (Wildman–Crippen MR) is 109 cm³/mol. The highest BCUT2D eigenvalue weighted by Crippen LogP contribution is 2.28. The SMILES string of the molecule is O=C1C[C@H]2O[C@H](Cn3cc(nn3)CCCn3nnc1c3-c1ccccc1)[C@@H](O)[C@H](O)[C@H]2O. The Bertz CT molecular complexity index is 1100. The first-order chi connectivity index (χ1) is 15.5. The topological polar surface area (TPSA) is 148 Å². The van der Waals surface area contributed by atoms with Crippen LogP contribution in [-0.2, 0) is 24.2 Å². The molecule has 3 aromatic rings. The number of aryl methyl sites for hydroxylation is 2. The number of hydrogen-bond acceptors (Lipinski definition) is 9. The summed E-state index contributed by atoms with van der Waals surface area (Å²) in [5.41, 5.74) is 2.34. The van der Waals surface area contributed by atoms with E-state index in [-0.39, 0.29) is 24.4 Å². The summed E-state index contributed by atoms with van der Waals surface area (Å²) in [7, 11) is 0. The van der Waals surface area contributed by atoms with E-state index in [1.165, 1.54) is 4.68 Å². The van der Waals surface area contributed by atoms with Gasteiger partial charge in [0, 0.05) is 24.7 Å². The van der Waals surface area contributed by atoms with Crippen LogP contribution in [0.3, 0.4) is 0 Å². The monoisotopic (exact) mass is 440 g/mol. The zero-order valence-corrected chi connectivity index (χ0v) is 17.2. The summed E-state index contributed by atoms with van der Waals surface area (Å²) in [6, 6.07) is 9.40. The van der Waals surface area contributed by atoms with Crippen LogP contribution in [0.5, 0.6) is 0 Å². The number of fused-ring (bicyclic) bond motifs is 6. The molecule has 0 radical (unpaired) electrons. The van der Waals surface area contributed by atoms with Crippen molar-refractivity contribution in [1.82, 2.24) is 30.0 Å². The number of nitrogens with zero attached hydrogens (tertiary/aromatic N) is 6. The number of aliphatic hydroxyl groups is 3. The Kier molecular flexibility index (Phi) is 5.55. The van der Waals surface area contributed by atoms with Crippen LogP contribution < -0.4 is 0 Å². The van der Waals surface area contributed by atoms with Crippen molar-refractivity contribution >= 4 is 5.78 Å². The molecular formula is C21H24N6O5. The first-order valence-electron chi connectivity index (χ1n) is 10.6. The normalized spacial score (nSPS) is 28.7. The van der Waals surface area contributed by atoms with Gasteiger partial charge in [-0.1, -0.05) is 40.8 Å². The van der Waals surface area contributed by atoms with Crippen molar-refractivity contribution in [2.24, 2.45) is 0 Å². The molecule has 2 aliphatic heterocycles. The molecule has 2 aliphatic rings. The number of benzene rings is 1. The smallest absolute Gasteiger partial charge is 0.188 e. The highest BCUT2D eigenvalue weighted by atomic mass is 16.5. The number of carbonyl (C=O) groups is 1. The van der Waals surface area contributed by atoms with Gasteiger partial charge < -0.3 is 20.1 Å². The number of ketones is 1. The molecule has 5 rings (SSSR count). The fourth-order valence-electron chi connectivity index (χ4n) is 4.30. The highest BCUT2D eigenvalue weighted by Gasteiger charge is 2.45. The van der Waals surface area contributed by atoms with Gasteiger partial charge in [-0.25, -0.2) is 9.36 Å². The van der Waals surface area contributed by atoms with Gasteiger partial charge in [0.1, 0.15) is 24.4 Å². The molecule has 2 aromatic heterocycles. The lowest BCUT2D eigenvalue weighted by Gasteiger charge is -2.40. The minimum atomic E-state index is -1.46. The summed E-state index contributed by atoms with van der Waals surface area (Å²) >= 11 is 0. The lowest BCUT2D eigenvalue weighted by molar-refractivity contribution is -0.224. The average molecular weight is 440 g/mol. The molecule has 11 heteroatoms. The predicted octanol–water partition coefficient (Wildman–Crippen LogP) is -0.394. The van der Waals surface area contributed by atoms with E-state index in [0.29, 0.717) is 25.1 Å². The van der Waals surface area contributed by atoms with E-state index >= 15 is 0 Å². The molecule has 6 bridgehead atoms. The summed E-state index contributed by atoms with van der Waals surface area (Å²) < 4.78 is 9.10. The Morgan fingerprint density at radius 1 is 0.969 bits per heavy atom. The summed E-state index contributed by atoms with van der Waals surface area (Å²) in [4.78, 5) is 13.2. The van der Waals surface area contributed by atoms with Crippen LogP contribution in [0.15, 0.2) is 36.5 Å². The zero-order valence-electron chi connectivity index (χ0n) is 17.2. The molecule has 0 aliphatic carbocycles. The summed E-state index contributed by atoms with van der Waals surface area (Å²) in [5, 5.41) is 47.9. The van der Waals surface area contributed by atoms with Crippen LogP contribution in [0.25, 0.3) is 11.3 Å². The summed E-state index contributed by atoms with van der Waals surface area (Å²) in [6.45, 7) is 0.659. The van der Waals surface area contributed by atoms with Gasteiger partial charge >= 0.3 is 0 Å².